The maximum atomic E-state index is 13.4. The summed E-state index contributed by atoms with van der Waals surface area (Å²) < 4.78 is 6.69. The molecule has 4 aromatic rings. The van der Waals surface area contributed by atoms with Gasteiger partial charge in [-0.2, -0.15) is 5.01 Å². The lowest BCUT2D eigenvalue weighted by atomic mass is 10.1. The van der Waals surface area contributed by atoms with Crippen molar-refractivity contribution in [2.24, 2.45) is 4.99 Å². The Balaban J connectivity index is 1.48. The lowest BCUT2D eigenvalue weighted by Gasteiger charge is -2.20. The van der Waals surface area contributed by atoms with Gasteiger partial charge >= 0.3 is 0 Å². The van der Waals surface area contributed by atoms with E-state index in [2.05, 4.69) is 15.4 Å². The number of hydrogen-bond donors (Lipinski definition) is 1. The van der Waals surface area contributed by atoms with Gasteiger partial charge in [-0.15, -0.1) is 0 Å². The van der Waals surface area contributed by atoms with Gasteiger partial charge in [0, 0.05) is 11.1 Å². The number of nitrogens with zero attached hydrogens (tertiary/aromatic N) is 4. The summed E-state index contributed by atoms with van der Waals surface area (Å²) in [4.78, 5) is 47.5. The third kappa shape index (κ3) is 4.37. The number of para-hydroxylation sites is 3. The molecular weight excluding hydrogens is 458 g/mol. The summed E-state index contributed by atoms with van der Waals surface area (Å²) in [6.45, 7) is -0.306. The average molecular weight is 479 g/mol. The SMILES string of the molecule is COc1ccccc1/C=C1/N=C(c2ccccc2)N(NC(=O)Cn2c(=O)cnc3ccccc32)C1=O. The first kappa shape index (κ1) is 22.7. The first-order valence-corrected chi connectivity index (χ1v) is 11.1. The normalized spacial score (nSPS) is 14.2. The van der Waals surface area contributed by atoms with Crippen LogP contribution in [-0.4, -0.2) is 39.3 Å². The maximum Gasteiger partial charge on any atom is 0.297 e. The number of aromatic nitrogens is 2. The molecule has 0 atom stereocenters. The lowest BCUT2D eigenvalue weighted by Crippen LogP contribution is -2.49. The third-order valence-electron chi connectivity index (χ3n) is 5.61. The molecule has 0 aliphatic carbocycles. The zero-order valence-corrected chi connectivity index (χ0v) is 19.3. The number of amides is 2. The summed E-state index contributed by atoms with van der Waals surface area (Å²) in [5.74, 6) is -0.230. The second-order valence-electron chi connectivity index (χ2n) is 7.92. The Morgan fingerprint density at radius 3 is 2.50 bits per heavy atom. The van der Waals surface area contributed by atoms with Crippen LogP contribution >= 0.6 is 0 Å². The number of methoxy groups -OCH3 is 1. The predicted octanol–water partition coefficient (Wildman–Crippen LogP) is 2.77. The highest BCUT2D eigenvalue weighted by Gasteiger charge is 2.33. The highest BCUT2D eigenvalue weighted by molar-refractivity contribution is 6.20. The van der Waals surface area contributed by atoms with E-state index in [1.165, 1.54) is 10.8 Å². The molecule has 36 heavy (non-hydrogen) atoms. The molecular formula is C27H21N5O4. The van der Waals surface area contributed by atoms with Crippen molar-refractivity contribution >= 4 is 34.8 Å². The van der Waals surface area contributed by atoms with Gasteiger partial charge in [-0.05, 0) is 24.3 Å². The predicted molar refractivity (Wildman–Crippen MR) is 135 cm³/mol. The number of benzene rings is 3. The minimum atomic E-state index is -0.566. The molecule has 9 nitrogen and oxygen atoms in total. The van der Waals surface area contributed by atoms with Gasteiger partial charge in [0.2, 0.25) is 0 Å². The minimum absolute atomic E-state index is 0.130. The van der Waals surface area contributed by atoms with E-state index in [-0.39, 0.29) is 18.1 Å². The van der Waals surface area contributed by atoms with Crippen LogP contribution in [0.3, 0.4) is 0 Å². The van der Waals surface area contributed by atoms with Gasteiger partial charge in [0.05, 0.1) is 24.3 Å². The fraction of sp³-hybridized carbons (Fsp3) is 0.0741. The molecule has 2 amide bonds. The second-order valence-corrected chi connectivity index (χ2v) is 7.92. The van der Waals surface area contributed by atoms with Gasteiger partial charge in [0.1, 0.15) is 18.0 Å². The molecule has 0 radical (unpaired) electrons. The molecule has 0 saturated heterocycles. The number of aliphatic imine (C=N–C) groups is 1. The first-order valence-electron chi connectivity index (χ1n) is 11.1. The summed E-state index contributed by atoms with van der Waals surface area (Å²) in [5.41, 5.74) is 4.73. The number of nitrogens with one attached hydrogen (secondary N) is 1. The molecule has 3 aromatic carbocycles. The molecule has 178 valence electrons. The number of hydrogen-bond acceptors (Lipinski definition) is 6. The number of fused-ring (bicyclic) bond motifs is 1. The Bertz CT molecular complexity index is 1590. The summed E-state index contributed by atoms with van der Waals surface area (Å²) in [6.07, 6.45) is 2.78. The fourth-order valence-corrected chi connectivity index (χ4v) is 3.92. The van der Waals surface area contributed by atoms with Gasteiger partial charge in [-0.3, -0.25) is 24.4 Å². The zero-order chi connectivity index (χ0) is 25.1. The van der Waals surface area contributed by atoms with Crippen molar-refractivity contribution < 1.29 is 14.3 Å². The monoisotopic (exact) mass is 479 g/mol. The van der Waals surface area contributed by atoms with Gasteiger partial charge in [0.25, 0.3) is 17.4 Å². The quantitative estimate of drug-likeness (QED) is 0.428. The molecule has 0 spiro atoms. The Kier molecular flexibility index (Phi) is 6.10. The molecule has 1 N–H and O–H groups in total. The third-order valence-corrected chi connectivity index (χ3v) is 5.61. The van der Waals surface area contributed by atoms with Crippen LogP contribution in [-0.2, 0) is 16.1 Å². The molecule has 0 bridgehead atoms. The van der Waals surface area contributed by atoms with Crippen LogP contribution in [0.2, 0.25) is 0 Å². The number of amidine groups is 1. The Labute approximate surface area is 206 Å². The van der Waals surface area contributed by atoms with Crippen LogP contribution in [0.5, 0.6) is 5.75 Å². The summed E-state index contributed by atoms with van der Waals surface area (Å²) in [6, 6.07) is 23.3. The van der Waals surface area contributed by atoms with E-state index in [1.807, 2.05) is 30.3 Å². The van der Waals surface area contributed by atoms with Crippen LogP contribution in [0.1, 0.15) is 11.1 Å². The summed E-state index contributed by atoms with van der Waals surface area (Å²) in [5, 5.41) is 1.10. The Morgan fingerprint density at radius 2 is 1.69 bits per heavy atom. The highest BCUT2D eigenvalue weighted by Crippen LogP contribution is 2.25. The molecule has 0 fully saturated rings. The molecule has 5 rings (SSSR count). The summed E-state index contributed by atoms with van der Waals surface area (Å²) >= 11 is 0. The van der Waals surface area contributed by atoms with E-state index in [9.17, 15) is 14.4 Å². The molecule has 1 aliphatic rings. The standard InChI is InChI=1S/C27H21N5O4/c1-36-23-14-8-5-11-19(23)15-21-27(35)32(26(29-21)18-9-3-2-4-10-18)30-24(33)17-31-22-13-7-6-12-20(22)28-16-25(31)34/h2-16H,17H2,1H3,(H,30,33)/b21-15+. The van der Waals surface area contributed by atoms with E-state index in [1.54, 1.807) is 61.7 Å². The van der Waals surface area contributed by atoms with Crippen molar-refractivity contribution in [1.29, 1.82) is 0 Å². The van der Waals surface area contributed by atoms with Crippen molar-refractivity contribution in [1.82, 2.24) is 20.0 Å². The largest absolute Gasteiger partial charge is 0.496 e. The number of ether oxygens (including phenoxy) is 1. The van der Waals surface area contributed by atoms with Crippen LogP contribution in [0.25, 0.3) is 17.1 Å². The number of hydrazine groups is 1. The van der Waals surface area contributed by atoms with Crippen LogP contribution < -0.4 is 15.7 Å². The van der Waals surface area contributed by atoms with Crippen LogP contribution in [0, 0.1) is 0 Å². The van der Waals surface area contributed by atoms with Gasteiger partial charge in [0.15, 0.2) is 5.84 Å². The molecule has 0 saturated carbocycles. The van der Waals surface area contributed by atoms with Crippen LogP contribution in [0.4, 0.5) is 0 Å². The van der Waals surface area contributed by atoms with E-state index in [0.717, 1.165) is 5.01 Å². The summed E-state index contributed by atoms with van der Waals surface area (Å²) in [7, 11) is 1.55. The number of rotatable bonds is 6. The maximum absolute atomic E-state index is 13.4. The molecule has 1 aliphatic heterocycles. The molecule has 2 heterocycles. The van der Waals surface area contributed by atoms with E-state index in [4.69, 9.17) is 4.74 Å². The van der Waals surface area contributed by atoms with Crippen molar-refractivity contribution in [2.75, 3.05) is 7.11 Å². The molecule has 9 heteroatoms. The highest BCUT2D eigenvalue weighted by atomic mass is 16.5. The van der Waals surface area contributed by atoms with Gasteiger partial charge in [-0.25, -0.2) is 9.98 Å². The lowest BCUT2D eigenvalue weighted by molar-refractivity contribution is -0.133. The van der Waals surface area contributed by atoms with E-state index in [0.29, 0.717) is 27.9 Å². The molecule has 1 aromatic heterocycles. The Morgan fingerprint density at radius 1 is 0.972 bits per heavy atom. The molecule has 0 unspecified atom stereocenters. The number of carbonyl (C=O) groups excluding carboxylic acids is 2. The van der Waals surface area contributed by atoms with Gasteiger partial charge < -0.3 is 4.74 Å². The van der Waals surface area contributed by atoms with Crippen molar-refractivity contribution in [3.8, 4) is 5.75 Å². The number of carbonyl (C=O) groups is 2. The minimum Gasteiger partial charge on any atom is -0.496 e. The van der Waals surface area contributed by atoms with Crippen molar-refractivity contribution in [3.63, 3.8) is 0 Å². The van der Waals surface area contributed by atoms with Gasteiger partial charge in [-0.1, -0.05) is 60.7 Å². The van der Waals surface area contributed by atoms with Crippen molar-refractivity contribution in [3.05, 3.63) is 112 Å². The fourth-order valence-electron chi connectivity index (χ4n) is 3.92. The first-order chi connectivity index (χ1) is 17.5. The van der Waals surface area contributed by atoms with Crippen molar-refractivity contribution in [2.45, 2.75) is 6.54 Å². The topological polar surface area (TPSA) is 106 Å². The van der Waals surface area contributed by atoms with E-state index < -0.39 is 17.4 Å². The zero-order valence-electron chi connectivity index (χ0n) is 19.3. The van der Waals surface area contributed by atoms with Crippen LogP contribution in [0.15, 0.2) is 101 Å². The smallest absolute Gasteiger partial charge is 0.297 e. The van der Waals surface area contributed by atoms with E-state index >= 15 is 0 Å². The average Bonchev–Trinajstić information content (AvgIpc) is 3.21. The second kappa shape index (κ2) is 9.67. The Hall–Kier alpha value is -5.05.